The van der Waals surface area contributed by atoms with Crippen LogP contribution in [0.15, 0.2) is 48.5 Å². The molecule has 2 amide bonds. The summed E-state index contributed by atoms with van der Waals surface area (Å²) < 4.78 is 18.5. The van der Waals surface area contributed by atoms with Crippen LogP contribution in [0.25, 0.3) is 0 Å². The molecule has 2 aromatic rings. The molecule has 0 radical (unpaired) electrons. The zero-order chi connectivity index (χ0) is 17.5. The van der Waals surface area contributed by atoms with E-state index in [1.807, 2.05) is 0 Å². The third-order valence-corrected chi connectivity index (χ3v) is 3.45. The lowest BCUT2D eigenvalue weighted by Crippen LogP contribution is -2.37. The molecule has 24 heavy (non-hydrogen) atoms. The number of halogens is 2. The van der Waals surface area contributed by atoms with Crippen LogP contribution in [0.2, 0.25) is 5.02 Å². The van der Waals surface area contributed by atoms with Gasteiger partial charge in [-0.2, -0.15) is 0 Å². The van der Waals surface area contributed by atoms with Gasteiger partial charge in [0.05, 0.1) is 0 Å². The Morgan fingerprint density at radius 2 is 1.71 bits per heavy atom. The predicted molar refractivity (Wildman–Crippen MR) is 89.5 cm³/mol. The van der Waals surface area contributed by atoms with Gasteiger partial charge in [0.15, 0.2) is 6.61 Å². The van der Waals surface area contributed by atoms with Gasteiger partial charge in [-0.15, -0.1) is 0 Å². The lowest BCUT2D eigenvalue weighted by molar-refractivity contribution is -0.120. The molecule has 0 unspecified atom stereocenters. The number of primary amides is 1. The van der Waals surface area contributed by atoms with Crippen molar-refractivity contribution in [3.63, 3.8) is 0 Å². The SMILES string of the molecule is NC(=O)CCN(C(=O)COc1ccc(Cl)cc1)c1ccc(F)cc1. The smallest absolute Gasteiger partial charge is 0.264 e. The zero-order valence-corrected chi connectivity index (χ0v) is 13.5. The van der Waals surface area contributed by atoms with Crippen LogP contribution in [0.3, 0.4) is 0 Å². The second kappa shape index (κ2) is 8.31. The lowest BCUT2D eigenvalue weighted by atomic mass is 10.2. The minimum Gasteiger partial charge on any atom is -0.484 e. The summed E-state index contributed by atoms with van der Waals surface area (Å²) in [6.07, 6.45) is -0.00986. The largest absolute Gasteiger partial charge is 0.484 e. The average Bonchev–Trinajstić information content (AvgIpc) is 2.56. The first kappa shape index (κ1) is 17.7. The first-order valence-corrected chi connectivity index (χ1v) is 7.56. The van der Waals surface area contributed by atoms with E-state index in [9.17, 15) is 14.0 Å². The summed E-state index contributed by atoms with van der Waals surface area (Å²) in [7, 11) is 0. The fourth-order valence-electron chi connectivity index (χ4n) is 1.99. The quantitative estimate of drug-likeness (QED) is 0.834. The van der Waals surface area contributed by atoms with E-state index in [0.29, 0.717) is 16.5 Å². The molecule has 0 aliphatic carbocycles. The van der Waals surface area contributed by atoms with Crippen molar-refractivity contribution in [1.82, 2.24) is 0 Å². The number of carbonyl (C=O) groups is 2. The third kappa shape index (κ3) is 5.24. The van der Waals surface area contributed by atoms with Crippen LogP contribution in [-0.2, 0) is 9.59 Å². The molecule has 0 aliphatic heterocycles. The predicted octanol–water partition coefficient (Wildman–Crippen LogP) is 2.77. The Morgan fingerprint density at radius 3 is 2.29 bits per heavy atom. The van der Waals surface area contributed by atoms with Crippen molar-refractivity contribution in [2.75, 3.05) is 18.1 Å². The molecule has 0 heterocycles. The molecule has 0 saturated carbocycles. The van der Waals surface area contributed by atoms with E-state index in [2.05, 4.69) is 0 Å². The second-order valence-corrected chi connectivity index (χ2v) is 5.42. The van der Waals surface area contributed by atoms with Gasteiger partial charge < -0.3 is 15.4 Å². The number of hydrogen-bond donors (Lipinski definition) is 1. The van der Waals surface area contributed by atoms with E-state index >= 15 is 0 Å². The van der Waals surface area contributed by atoms with E-state index in [1.54, 1.807) is 24.3 Å². The molecule has 2 aromatic carbocycles. The minimum absolute atomic E-state index is 0.00986. The first-order valence-electron chi connectivity index (χ1n) is 7.18. The number of carbonyl (C=O) groups excluding carboxylic acids is 2. The highest BCUT2D eigenvalue weighted by Gasteiger charge is 2.17. The van der Waals surface area contributed by atoms with Crippen LogP contribution in [0.1, 0.15) is 6.42 Å². The molecular weight excluding hydrogens is 335 g/mol. The van der Waals surface area contributed by atoms with Crippen LogP contribution >= 0.6 is 11.6 Å². The van der Waals surface area contributed by atoms with Gasteiger partial charge in [0.2, 0.25) is 5.91 Å². The van der Waals surface area contributed by atoms with E-state index in [0.717, 1.165) is 0 Å². The van der Waals surface area contributed by atoms with Gasteiger partial charge in [-0.1, -0.05) is 11.6 Å². The molecule has 0 atom stereocenters. The Kier molecular flexibility index (Phi) is 6.14. The Morgan fingerprint density at radius 1 is 1.08 bits per heavy atom. The number of nitrogens with two attached hydrogens (primary N) is 1. The molecule has 0 fully saturated rings. The monoisotopic (exact) mass is 350 g/mol. The molecule has 0 spiro atoms. The molecule has 0 bridgehead atoms. The van der Waals surface area contributed by atoms with Crippen molar-refractivity contribution >= 4 is 29.1 Å². The minimum atomic E-state index is -0.534. The Hall–Kier alpha value is -2.60. The number of hydrogen-bond acceptors (Lipinski definition) is 3. The summed E-state index contributed by atoms with van der Waals surface area (Å²) in [5.41, 5.74) is 5.60. The molecule has 7 heteroatoms. The van der Waals surface area contributed by atoms with Gasteiger partial charge in [-0.05, 0) is 48.5 Å². The number of anilines is 1. The van der Waals surface area contributed by atoms with Crippen LogP contribution in [0.4, 0.5) is 10.1 Å². The highest BCUT2D eigenvalue weighted by Crippen LogP contribution is 2.18. The second-order valence-electron chi connectivity index (χ2n) is 4.98. The molecule has 5 nitrogen and oxygen atoms in total. The topological polar surface area (TPSA) is 72.6 Å². The summed E-state index contributed by atoms with van der Waals surface area (Å²) in [5.74, 6) is -0.841. The van der Waals surface area contributed by atoms with Crippen molar-refractivity contribution in [2.24, 2.45) is 5.73 Å². The summed E-state index contributed by atoms with van der Waals surface area (Å²) in [5, 5.41) is 0.558. The normalized spacial score (nSPS) is 10.2. The molecular formula is C17H16ClFN2O3. The average molecular weight is 351 g/mol. The van der Waals surface area contributed by atoms with Gasteiger partial charge in [0.25, 0.3) is 5.91 Å². The van der Waals surface area contributed by atoms with Gasteiger partial charge in [-0.3, -0.25) is 9.59 Å². The maximum Gasteiger partial charge on any atom is 0.264 e. The van der Waals surface area contributed by atoms with Gasteiger partial charge in [-0.25, -0.2) is 4.39 Å². The fraction of sp³-hybridized carbons (Fsp3) is 0.176. The van der Waals surface area contributed by atoms with Crippen molar-refractivity contribution < 1.29 is 18.7 Å². The molecule has 0 aromatic heterocycles. The first-order chi connectivity index (χ1) is 11.5. The Bertz CT molecular complexity index is 705. The highest BCUT2D eigenvalue weighted by molar-refractivity contribution is 6.30. The van der Waals surface area contributed by atoms with Crippen LogP contribution in [0, 0.1) is 5.82 Å². The van der Waals surface area contributed by atoms with Crippen LogP contribution < -0.4 is 15.4 Å². The zero-order valence-electron chi connectivity index (χ0n) is 12.7. The molecule has 0 saturated heterocycles. The Labute approximate surface area is 143 Å². The standard InChI is InChI=1S/C17H16ClFN2O3/c18-12-1-7-15(8-2-12)24-11-17(23)21(10-9-16(20)22)14-5-3-13(19)4-6-14/h1-8H,9-11H2,(H2,20,22). The molecule has 2 N–H and O–H groups in total. The van der Waals surface area contributed by atoms with Gasteiger partial charge >= 0.3 is 0 Å². The van der Waals surface area contributed by atoms with E-state index < -0.39 is 11.7 Å². The Balaban J connectivity index is 2.07. The number of nitrogens with zero attached hydrogens (tertiary/aromatic N) is 1. The fourth-order valence-corrected chi connectivity index (χ4v) is 2.12. The van der Waals surface area contributed by atoms with Crippen molar-refractivity contribution in [2.45, 2.75) is 6.42 Å². The number of ether oxygens (including phenoxy) is 1. The maximum atomic E-state index is 13.1. The van der Waals surface area contributed by atoms with E-state index in [4.69, 9.17) is 22.1 Å². The van der Waals surface area contributed by atoms with Crippen molar-refractivity contribution in [3.05, 3.63) is 59.4 Å². The van der Waals surface area contributed by atoms with E-state index in [-0.39, 0.29) is 25.5 Å². The summed E-state index contributed by atoms with van der Waals surface area (Å²) in [6, 6.07) is 12.0. The molecule has 126 valence electrons. The lowest BCUT2D eigenvalue weighted by Gasteiger charge is -2.22. The van der Waals surface area contributed by atoms with Crippen LogP contribution in [0.5, 0.6) is 5.75 Å². The number of rotatable bonds is 7. The van der Waals surface area contributed by atoms with Gasteiger partial charge in [0.1, 0.15) is 11.6 Å². The van der Waals surface area contributed by atoms with Gasteiger partial charge in [0, 0.05) is 23.7 Å². The van der Waals surface area contributed by atoms with Crippen molar-refractivity contribution in [1.29, 1.82) is 0 Å². The molecule has 2 rings (SSSR count). The third-order valence-electron chi connectivity index (χ3n) is 3.20. The number of amides is 2. The number of benzene rings is 2. The maximum absolute atomic E-state index is 13.1. The summed E-state index contributed by atoms with van der Waals surface area (Å²) >= 11 is 5.78. The van der Waals surface area contributed by atoms with Crippen molar-refractivity contribution in [3.8, 4) is 5.75 Å². The van der Waals surface area contributed by atoms with E-state index in [1.165, 1.54) is 29.2 Å². The van der Waals surface area contributed by atoms with Crippen LogP contribution in [-0.4, -0.2) is 25.0 Å². The summed E-state index contributed by atoms with van der Waals surface area (Å²) in [6.45, 7) is -0.151. The molecule has 0 aliphatic rings. The highest BCUT2D eigenvalue weighted by atomic mass is 35.5. The summed E-state index contributed by atoms with van der Waals surface area (Å²) in [4.78, 5) is 24.7.